The molecule has 1 nitrogen and oxygen atoms in total. The van der Waals surface area contributed by atoms with Crippen LogP contribution in [0.5, 0.6) is 0 Å². The predicted molar refractivity (Wildman–Crippen MR) is 52.8 cm³/mol. The Morgan fingerprint density at radius 3 is 2.91 bits per heavy atom. The first-order valence-corrected chi connectivity index (χ1v) is 5.58. The van der Waals surface area contributed by atoms with Crippen molar-refractivity contribution < 1.29 is 0 Å². The first-order chi connectivity index (χ1) is 5.17. The molecule has 62 valence electrons. The van der Waals surface area contributed by atoms with Crippen molar-refractivity contribution in [1.82, 2.24) is 0 Å². The van der Waals surface area contributed by atoms with Crippen molar-refractivity contribution in [3.05, 3.63) is 0 Å². The predicted octanol–water partition coefficient (Wildman–Crippen LogP) is 3.30. The van der Waals surface area contributed by atoms with Gasteiger partial charge < -0.3 is 0 Å². The number of hydrogen-bond acceptors (Lipinski definition) is 2. The maximum Gasteiger partial charge on any atom is 0.133 e. The molecule has 0 spiro atoms. The molecule has 0 bridgehead atoms. The van der Waals surface area contributed by atoms with Gasteiger partial charge in [-0.25, -0.2) is 0 Å². The Morgan fingerprint density at radius 1 is 1.64 bits per heavy atom. The molecule has 0 radical (unpaired) electrons. The van der Waals surface area contributed by atoms with E-state index in [2.05, 4.69) is 28.3 Å². The second-order valence-electron chi connectivity index (χ2n) is 3.22. The van der Waals surface area contributed by atoms with E-state index >= 15 is 0 Å². The van der Waals surface area contributed by atoms with Crippen LogP contribution in [0.25, 0.3) is 0 Å². The molecular formula is C8H12BrNS. The normalized spacial score (nSPS) is 38.1. The molecule has 0 amide bonds. The second-order valence-corrected chi connectivity index (χ2v) is 6.02. The summed E-state index contributed by atoms with van der Waals surface area (Å²) in [6.07, 6.45) is 4.96. The highest BCUT2D eigenvalue weighted by Crippen LogP contribution is 2.41. The number of hydrogen-bond donors (Lipinski definition) is 0. The van der Waals surface area contributed by atoms with E-state index in [1.807, 2.05) is 0 Å². The van der Waals surface area contributed by atoms with Gasteiger partial charge in [-0.05, 0) is 31.5 Å². The van der Waals surface area contributed by atoms with Crippen molar-refractivity contribution in [2.24, 2.45) is 0 Å². The van der Waals surface area contributed by atoms with Gasteiger partial charge in [0.25, 0.3) is 0 Å². The highest BCUT2D eigenvalue weighted by molar-refractivity contribution is 9.10. The van der Waals surface area contributed by atoms with Gasteiger partial charge in [0.1, 0.15) is 5.40 Å². The molecule has 2 atom stereocenters. The third kappa shape index (κ3) is 2.38. The summed E-state index contributed by atoms with van der Waals surface area (Å²) >= 11 is 5.11. The van der Waals surface area contributed by atoms with Crippen molar-refractivity contribution in [3.63, 3.8) is 0 Å². The summed E-state index contributed by atoms with van der Waals surface area (Å²) in [7, 11) is 0. The summed E-state index contributed by atoms with van der Waals surface area (Å²) in [5.74, 6) is 0. The molecule has 1 aliphatic rings. The molecule has 0 aliphatic heterocycles. The van der Waals surface area contributed by atoms with Crippen LogP contribution in [0, 0.1) is 10.7 Å². The largest absolute Gasteiger partial charge is 0.185 e. The summed E-state index contributed by atoms with van der Waals surface area (Å²) in [5, 5.41) is 11.2. The zero-order chi connectivity index (χ0) is 8.32. The molecule has 0 aromatic carbocycles. The molecule has 0 aromatic heterocycles. The standard InChI is InChI=1S/C8H12BrNS/c1-8(9)5-3-2-4-7(8)11-6-10/h7H,2-5H2,1H3/t7-,8-/m1/s1. The molecule has 1 rings (SSSR count). The van der Waals surface area contributed by atoms with E-state index in [0.717, 1.165) is 0 Å². The van der Waals surface area contributed by atoms with Crippen LogP contribution < -0.4 is 0 Å². The van der Waals surface area contributed by atoms with Crippen LogP contribution in [0.4, 0.5) is 0 Å². The molecule has 0 unspecified atom stereocenters. The van der Waals surface area contributed by atoms with E-state index in [4.69, 9.17) is 5.26 Å². The van der Waals surface area contributed by atoms with Crippen molar-refractivity contribution >= 4 is 27.7 Å². The van der Waals surface area contributed by atoms with Crippen LogP contribution in [0.15, 0.2) is 0 Å². The SMILES string of the molecule is C[C@@]1(Br)CCCC[C@H]1SC#N. The fourth-order valence-electron chi connectivity index (χ4n) is 1.51. The quantitative estimate of drug-likeness (QED) is 0.513. The Balaban J connectivity index is 2.54. The average molecular weight is 234 g/mol. The fourth-order valence-corrected chi connectivity index (χ4v) is 3.07. The number of thiocyanates is 1. The molecule has 1 aliphatic carbocycles. The average Bonchev–Trinajstić information content (AvgIpc) is 1.94. The smallest absolute Gasteiger partial charge is 0.133 e. The first-order valence-electron chi connectivity index (χ1n) is 3.90. The Kier molecular flexibility index (Phi) is 3.27. The van der Waals surface area contributed by atoms with E-state index in [-0.39, 0.29) is 4.32 Å². The zero-order valence-corrected chi connectivity index (χ0v) is 9.04. The Labute approximate surface area is 80.7 Å². The number of nitrogens with zero attached hydrogens (tertiary/aromatic N) is 1. The van der Waals surface area contributed by atoms with Crippen molar-refractivity contribution in [3.8, 4) is 5.40 Å². The summed E-state index contributed by atoms with van der Waals surface area (Å²) in [6, 6.07) is 0. The third-order valence-corrected chi connectivity index (χ3v) is 4.65. The van der Waals surface area contributed by atoms with Crippen molar-refractivity contribution in [1.29, 1.82) is 5.26 Å². The van der Waals surface area contributed by atoms with Gasteiger partial charge in [-0.1, -0.05) is 28.8 Å². The molecule has 0 N–H and O–H groups in total. The minimum absolute atomic E-state index is 0.200. The molecule has 1 fully saturated rings. The van der Waals surface area contributed by atoms with Gasteiger partial charge >= 0.3 is 0 Å². The van der Waals surface area contributed by atoms with Crippen LogP contribution in [0.2, 0.25) is 0 Å². The highest BCUT2D eigenvalue weighted by Gasteiger charge is 2.34. The summed E-state index contributed by atoms with van der Waals surface area (Å²) in [6.45, 7) is 2.20. The van der Waals surface area contributed by atoms with Crippen LogP contribution in [0.3, 0.4) is 0 Å². The van der Waals surface area contributed by atoms with Gasteiger partial charge in [-0.2, -0.15) is 5.26 Å². The van der Waals surface area contributed by atoms with Gasteiger partial charge in [0.15, 0.2) is 0 Å². The lowest BCUT2D eigenvalue weighted by Gasteiger charge is -2.34. The van der Waals surface area contributed by atoms with Gasteiger partial charge in [0.05, 0.1) is 0 Å². The van der Waals surface area contributed by atoms with Crippen LogP contribution >= 0.6 is 27.7 Å². The first kappa shape index (κ1) is 9.41. The minimum Gasteiger partial charge on any atom is -0.185 e. The summed E-state index contributed by atoms with van der Waals surface area (Å²) < 4.78 is 0.200. The topological polar surface area (TPSA) is 23.8 Å². The van der Waals surface area contributed by atoms with E-state index in [1.165, 1.54) is 37.4 Å². The number of rotatable bonds is 1. The van der Waals surface area contributed by atoms with Gasteiger partial charge in [-0.3, -0.25) is 0 Å². The molecular weight excluding hydrogens is 222 g/mol. The zero-order valence-electron chi connectivity index (χ0n) is 6.64. The lowest BCUT2D eigenvalue weighted by molar-refractivity contribution is 0.442. The number of nitriles is 1. The Morgan fingerprint density at radius 2 is 2.36 bits per heavy atom. The molecule has 11 heavy (non-hydrogen) atoms. The molecule has 0 heterocycles. The highest BCUT2D eigenvalue weighted by atomic mass is 79.9. The van der Waals surface area contributed by atoms with Crippen molar-refractivity contribution in [2.75, 3.05) is 0 Å². The Hall–Kier alpha value is 0.320. The lowest BCUT2D eigenvalue weighted by atomic mass is 9.90. The van der Waals surface area contributed by atoms with Crippen LogP contribution in [-0.4, -0.2) is 9.57 Å². The van der Waals surface area contributed by atoms with Crippen LogP contribution in [0.1, 0.15) is 32.6 Å². The number of alkyl halides is 1. The molecule has 0 aromatic rings. The second kappa shape index (κ2) is 3.82. The van der Waals surface area contributed by atoms with Gasteiger partial charge in [0.2, 0.25) is 0 Å². The maximum absolute atomic E-state index is 8.54. The maximum atomic E-state index is 8.54. The number of halogens is 1. The minimum atomic E-state index is 0.200. The van der Waals surface area contributed by atoms with Gasteiger partial charge in [0, 0.05) is 9.57 Å². The van der Waals surface area contributed by atoms with Crippen LogP contribution in [-0.2, 0) is 0 Å². The lowest BCUT2D eigenvalue weighted by Crippen LogP contribution is -2.33. The van der Waals surface area contributed by atoms with Gasteiger partial charge in [-0.15, -0.1) is 0 Å². The summed E-state index contributed by atoms with van der Waals surface area (Å²) in [5.41, 5.74) is 0. The van der Waals surface area contributed by atoms with E-state index in [1.54, 1.807) is 0 Å². The third-order valence-electron chi connectivity index (χ3n) is 2.25. The fraction of sp³-hybridized carbons (Fsp3) is 0.875. The van der Waals surface area contributed by atoms with E-state index < -0.39 is 0 Å². The molecule has 3 heteroatoms. The van der Waals surface area contributed by atoms with E-state index in [9.17, 15) is 0 Å². The molecule has 0 saturated heterocycles. The van der Waals surface area contributed by atoms with Crippen molar-refractivity contribution in [2.45, 2.75) is 42.2 Å². The number of thioether (sulfide) groups is 1. The van der Waals surface area contributed by atoms with E-state index in [0.29, 0.717) is 5.25 Å². The monoisotopic (exact) mass is 233 g/mol. The summed E-state index contributed by atoms with van der Waals surface area (Å²) in [4.78, 5) is 0. The molecule has 1 saturated carbocycles. The Bertz CT molecular complexity index is 173.